The van der Waals surface area contributed by atoms with Gasteiger partial charge in [0.15, 0.2) is 17.3 Å². The lowest BCUT2D eigenvalue weighted by Crippen LogP contribution is -2.12. The van der Waals surface area contributed by atoms with E-state index < -0.39 is 12.1 Å². The molecular weight excluding hydrogens is 356 g/mol. The van der Waals surface area contributed by atoms with E-state index in [1.54, 1.807) is 12.2 Å². The Morgan fingerprint density at radius 3 is 2.56 bits per heavy atom. The second-order valence-electron chi connectivity index (χ2n) is 5.71. The fraction of sp³-hybridized carbons (Fsp3) is 0.368. The summed E-state index contributed by atoms with van der Waals surface area (Å²) in [4.78, 5) is 24.1. The summed E-state index contributed by atoms with van der Waals surface area (Å²) in [6.07, 6.45) is 5.75. The first-order chi connectivity index (χ1) is 12.5. The molecular formula is C19H24O8. The fourth-order valence-corrected chi connectivity index (χ4v) is 2.62. The third kappa shape index (κ3) is 5.57. The van der Waals surface area contributed by atoms with E-state index >= 15 is 0 Å². The Labute approximate surface area is 157 Å². The quantitative estimate of drug-likeness (QED) is 0.741. The van der Waals surface area contributed by atoms with Gasteiger partial charge in [-0.1, -0.05) is 18.2 Å². The predicted octanol–water partition coefficient (Wildman–Crippen LogP) is 1.42. The zero-order valence-corrected chi connectivity index (χ0v) is 15.2. The molecule has 0 unspecified atom stereocenters. The Balaban J connectivity index is 0.00000364. The molecule has 4 N–H and O–H groups in total. The van der Waals surface area contributed by atoms with Crippen molar-refractivity contribution in [3.8, 4) is 17.2 Å². The summed E-state index contributed by atoms with van der Waals surface area (Å²) in [7, 11) is 2.83. The Kier molecular flexibility index (Phi) is 8.50. The number of phenolic OH excluding ortho intramolecular Hbond substituents is 1. The molecule has 0 spiro atoms. The number of aromatic hydroxyl groups is 1. The minimum absolute atomic E-state index is 0. The minimum Gasteiger partial charge on any atom is -0.507 e. The van der Waals surface area contributed by atoms with Gasteiger partial charge in [-0.3, -0.25) is 4.79 Å². The Morgan fingerprint density at radius 1 is 1.15 bits per heavy atom. The van der Waals surface area contributed by atoms with E-state index in [2.05, 4.69) is 0 Å². The van der Waals surface area contributed by atoms with Crippen LogP contribution in [0.2, 0.25) is 0 Å². The summed E-state index contributed by atoms with van der Waals surface area (Å²) in [5.74, 6) is -0.718. The molecule has 1 aromatic carbocycles. The fourth-order valence-electron chi connectivity index (χ4n) is 2.62. The summed E-state index contributed by atoms with van der Waals surface area (Å²) in [6.45, 7) is 0.0438. The lowest BCUT2D eigenvalue weighted by atomic mass is 10.0. The molecule has 148 valence electrons. The predicted molar refractivity (Wildman–Crippen MR) is 98.1 cm³/mol. The van der Waals surface area contributed by atoms with Gasteiger partial charge in [-0.2, -0.15) is 0 Å². The van der Waals surface area contributed by atoms with Crippen LogP contribution < -0.4 is 9.47 Å². The molecule has 0 saturated carbocycles. The minimum atomic E-state index is -0.855. The molecule has 0 amide bonds. The monoisotopic (exact) mass is 380 g/mol. The molecule has 0 fully saturated rings. The molecule has 0 aliphatic carbocycles. The van der Waals surface area contributed by atoms with Crippen molar-refractivity contribution < 1.29 is 39.5 Å². The van der Waals surface area contributed by atoms with Crippen molar-refractivity contribution >= 4 is 17.8 Å². The third-order valence-corrected chi connectivity index (χ3v) is 3.84. The van der Waals surface area contributed by atoms with Crippen LogP contribution in [0.5, 0.6) is 17.2 Å². The topological polar surface area (TPSA) is 134 Å². The molecule has 0 aromatic heterocycles. The van der Waals surface area contributed by atoms with Gasteiger partial charge < -0.3 is 29.9 Å². The van der Waals surface area contributed by atoms with E-state index in [-0.39, 0.29) is 59.1 Å². The van der Waals surface area contributed by atoms with Crippen LogP contribution in [0.3, 0.4) is 0 Å². The number of cyclic esters (lactones) is 1. The summed E-state index contributed by atoms with van der Waals surface area (Å²) in [5.41, 5.74) is 0.228. The molecule has 1 aliphatic heterocycles. The van der Waals surface area contributed by atoms with Gasteiger partial charge in [0.05, 0.1) is 26.9 Å². The van der Waals surface area contributed by atoms with Crippen LogP contribution in [0.25, 0.3) is 6.08 Å². The highest BCUT2D eigenvalue weighted by Crippen LogP contribution is 2.40. The number of aliphatic hydroxyl groups excluding tert-OH is 1. The molecule has 1 heterocycles. The first-order valence-corrected chi connectivity index (χ1v) is 8.17. The van der Waals surface area contributed by atoms with Crippen LogP contribution in [-0.2, 0) is 9.53 Å². The highest BCUT2D eigenvalue weighted by Gasteiger charge is 2.24. The molecule has 27 heavy (non-hydrogen) atoms. The Morgan fingerprint density at radius 2 is 1.89 bits per heavy atom. The lowest BCUT2D eigenvalue weighted by Gasteiger charge is -2.16. The van der Waals surface area contributed by atoms with Gasteiger partial charge in [-0.05, 0) is 18.9 Å². The van der Waals surface area contributed by atoms with E-state index in [1.807, 2.05) is 0 Å². The average molecular weight is 380 g/mol. The van der Waals surface area contributed by atoms with Gasteiger partial charge >= 0.3 is 5.97 Å². The standard InChI is InChI=1S/C19H22O7.H2O/c1-24-16-11-15(22)17-14(18(16)25-2)8-5-7-13(21)10-12(20)6-3-4-9-26-19(17)23;/h3,5-6,8,11,13,21-22H,4,7,9-10H2,1-2H3;1H2/b6-3-,8-5+;/t13-;/m0./s1. The number of aliphatic hydroxyl groups is 1. The number of ether oxygens (including phenoxy) is 3. The number of carbonyl (C=O) groups is 2. The van der Waals surface area contributed by atoms with Crippen molar-refractivity contribution in [3.63, 3.8) is 0 Å². The maximum atomic E-state index is 12.4. The number of allylic oxidation sites excluding steroid dienone is 1. The van der Waals surface area contributed by atoms with Crippen LogP contribution >= 0.6 is 0 Å². The van der Waals surface area contributed by atoms with E-state index in [9.17, 15) is 19.8 Å². The van der Waals surface area contributed by atoms with E-state index in [4.69, 9.17) is 14.2 Å². The summed E-state index contributed by atoms with van der Waals surface area (Å²) in [5, 5.41) is 20.2. The average Bonchev–Trinajstić information content (AvgIpc) is 2.60. The molecule has 1 aromatic rings. The largest absolute Gasteiger partial charge is 0.507 e. The first-order valence-electron chi connectivity index (χ1n) is 8.17. The van der Waals surface area contributed by atoms with Gasteiger partial charge in [0.25, 0.3) is 0 Å². The van der Waals surface area contributed by atoms with Crippen LogP contribution in [-0.4, -0.2) is 54.4 Å². The number of fused-ring (bicyclic) bond motifs is 1. The molecule has 0 radical (unpaired) electrons. The number of carbonyl (C=O) groups excluding carboxylic acids is 2. The number of methoxy groups -OCH3 is 2. The summed E-state index contributed by atoms with van der Waals surface area (Å²) < 4.78 is 15.7. The van der Waals surface area contributed by atoms with Gasteiger partial charge in [0, 0.05) is 18.1 Å². The van der Waals surface area contributed by atoms with Crippen molar-refractivity contribution in [1.82, 2.24) is 0 Å². The summed E-state index contributed by atoms with van der Waals surface area (Å²) >= 11 is 0. The van der Waals surface area contributed by atoms with Crippen molar-refractivity contribution in [2.75, 3.05) is 20.8 Å². The number of ketones is 1. The summed E-state index contributed by atoms with van der Waals surface area (Å²) in [6, 6.07) is 1.28. The second kappa shape index (κ2) is 10.3. The van der Waals surface area contributed by atoms with Gasteiger partial charge in [-0.25, -0.2) is 4.79 Å². The zero-order valence-electron chi connectivity index (χ0n) is 15.2. The van der Waals surface area contributed by atoms with Crippen LogP contribution in [0.4, 0.5) is 0 Å². The number of phenols is 1. The van der Waals surface area contributed by atoms with Crippen LogP contribution in [0, 0.1) is 0 Å². The Bertz CT molecular complexity index is 736. The van der Waals surface area contributed by atoms with Crippen LogP contribution in [0.15, 0.2) is 24.3 Å². The molecule has 1 atom stereocenters. The number of rotatable bonds is 2. The molecule has 8 nitrogen and oxygen atoms in total. The zero-order chi connectivity index (χ0) is 19.1. The van der Waals surface area contributed by atoms with Crippen molar-refractivity contribution in [3.05, 3.63) is 35.4 Å². The number of esters is 1. The highest BCUT2D eigenvalue weighted by molar-refractivity contribution is 5.98. The van der Waals surface area contributed by atoms with E-state index in [0.29, 0.717) is 6.42 Å². The molecule has 0 bridgehead atoms. The maximum Gasteiger partial charge on any atom is 0.342 e. The number of benzene rings is 1. The Hall–Kier alpha value is -2.84. The molecule has 2 rings (SSSR count). The van der Waals surface area contributed by atoms with Gasteiger partial charge in [0.1, 0.15) is 11.3 Å². The molecule has 0 saturated heterocycles. The van der Waals surface area contributed by atoms with Crippen LogP contribution in [0.1, 0.15) is 35.2 Å². The number of hydrogen-bond donors (Lipinski definition) is 2. The van der Waals surface area contributed by atoms with Crippen molar-refractivity contribution in [1.29, 1.82) is 0 Å². The molecule has 1 aliphatic rings. The SMILES string of the molecule is COc1cc(O)c2c(c1OC)/C=C/C[C@H](O)CC(=O)/C=C\CCOC2=O.O. The maximum absolute atomic E-state index is 12.4. The van der Waals surface area contributed by atoms with Gasteiger partial charge in [-0.15, -0.1) is 0 Å². The smallest absolute Gasteiger partial charge is 0.342 e. The van der Waals surface area contributed by atoms with Crippen molar-refractivity contribution in [2.45, 2.75) is 25.4 Å². The van der Waals surface area contributed by atoms with E-state index in [1.165, 1.54) is 32.4 Å². The molecule has 8 heteroatoms. The van der Waals surface area contributed by atoms with Crippen molar-refractivity contribution in [2.24, 2.45) is 0 Å². The first kappa shape index (κ1) is 22.2. The van der Waals surface area contributed by atoms with E-state index in [0.717, 1.165) is 0 Å². The second-order valence-corrected chi connectivity index (χ2v) is 5.71. The number of hydrogen-bond acceptors (Lipinski definition) is 7. The third-order valence-electron chi connectivity index (χ3n) is 3.84. The van der Waals surface area contributed by atoms with Gasteiger partial charge in [0.2, 0.25) is 0 Å². The normalized spacial score (nSPS) is 20.3. The highest BCUT2D eigenvalue weighted by atomic mass is 16.5. The lowest BCUT2D eigenvalue weighted by molar-refractivity contribution is -0.116.